The van der Waals surface area contributed by atoms with Crippen molar-refractivity contribution in [3.63, 3.8) is 0 Å². The number of pyridine rings is 3. The molecule has 3 heterocycles. The van der Waals surface area contributed by atoms with Crippen LogP contribution in [0.5, 0.6) is 0 Å². The van der Waals surface area contributed by atoms with Gasteiger partial charge in [0.05, 0.1) is 0 Å². The monoisotopic (exact) mass is 837 g/mol. The maximum absolute atomic E-state index is 4.45. The van der Waals surface area contributed by atoms with Gasteiger partial charge in [-0.15, -0.1) is 0 Å². The number of hydrogen-bond acceptors (Lipinski definition) is 1. The van der Waals surface area contributed by atoms with Crippen LogP contribution in [-0.4, -0.2) is 4.98 Å². The Hall–Kier alpha value is -8.01. The minimum Gasteiger partial charge on any atom is -0.264 e. The van der Waals surface area contributed by atoms with E-state index in [1.807, 2.05) is 18.5 Å². The summed E-state index contributed by atoms with van der Waals surface area (Å²) in [7, 11) is 4.15. The van der Waals surface area contributed by atoms with Gasteiger partial charge in [0.15, 0.2) is 24.8 Å². The fourth-order valence-corrected chi connectivity index (χ4v) is 9.18. The van der Waals surface area contributed by atoms with E-state index in [4.69, 9.17) is 0 Å². The van der Waals surface area contributed by atoms with E-state index in [1.54, 1.807) is 0 Å². The predicted molar refractivity (Wildman–Crippen MR) is 270 cm³/mol. The van der Waals surface area contributed by atoms with Gasteiger partial charge in [0, 0.05) is 35.7 Å². The molecule has 0 atom stereocenters. The molecule has 0 unspecified atom stereocenters. The van der Waals surface area contributed by atoms with Crippen molar-refractivity contribution < 1.29 is 9.13 Å². The first-order chi connectivity index (χ1) is 31.8. The molecule has 10 aromatic rings. The molecule has 0 aliphatic rings. The summed E-state index contributed by atoms with van der Waals surface area (Å²) in [4.78, 5) is 4.45. The van der Waals surface area contributed by atoms with Gasteiger partial charge < -0.3 is 0 Å². The van der Waals surface area contributed by atoms with Crippen molar-refractivity contribution in [3.05, 3.63) is 236 Å². The zero-order valence-corrected chi connectivity index (χ0v) is 37.6. The minimum atomic E-state index is 1.09. The number of benzene rings is 7. The van der Waals surface area contributed by atoms with Crippen LogP contribution < -0.4 is 9.13 Å². The van der Waals surface area contributed by atoms with Crippen LogP contribution in [0.1, 0.15) is 16.7 Å². The van der Waals surface area contributed by atoms with E-state index in [0.29, 0.717) is 0 Å². The van der Waals surface area contributed by atoms with Crippen molar-refractivity contribution in [1.82, 2.24) is 4.98 Å². The van der Waals surface area contributed by atoms with Crippen molar-refractivity contribution in [2.24, 2.45) is 14.1 Å². The average Bonchev–Trinajstić information content (AvgIpc) is 3.34. The summed E-state index contributed by atoms with van der Waals surface area (Å²) in [5, 5.41) is 0. The van der Waals surface area contributed by atoms with Gasteiger partial charge in [-0.1, -0.05) is 168 Å². The van der Waals surface area contributed by atoms with Crippen molar-refractivity contribution >= 4 is 0 Å². The Kier molecular flexibility index (Phi) is 11.1. The number of aromatic nitrogens is 3. The van der Waals surface area contributed by atoms with Crippen LogP contribution in [0.3, 0.4) is 0 Å². The second kappa shape index (κ2) is 17.6. The van der Waals surface area contributed by atoms with Crippen LogP contribution >= 0.6 is 0 Å². The van der Waals surface area contributed by atoms with Crippen molar-refractivity contribution in [2.75, 3.05) is 0 Å². The molecule has 3 heteroatoms. The summed E-state index contributed by atoms with van der Waals surface area (Å²) in [6.45, 7) is 6.51. The highest BCUT2D eigenvalue weighted by molar-refractivity contribution is 6.15. The maximum atomic E-state index is 4.45. The topological polar surface area (TPSA) is 20.6 Å². The van der Waals surface area contributed by atoms with Gasteiger partial charge in [0.25, 0.3) is 0 Å². The van der Waals surface area contributed by atoms with Gasteiger partial charge in [0.1, 0.15) is 14.1 Å². The third-order valence-corrected chi connectivity index (χ3v) is 12.6. The lowest BCUT2D eigenvalue weighted by Gasteiger charge is -2.29. The SMILES string of the molecule is Cc1ccc(-c2c(-c3ccc(-c4cccnc4)cc3)c(-c3ccc(C)cc3)c(-c3ccc(-c4ccc[n+](C)c4)cc3)c(-c3ccc(C)cc3)c2-c2ccc(-c3ccc[n+](C)c3)cc2)cc1. The van der Waals surface area contributed by atoms with E-state index >= 15 is 0 Å². The molecule has 0 amide bonds. The third kappa shape index (κ3) is 8.33. The van der Waals surface area contributed by atoms with Crippen molar-refractivity contribution in [2.45, 2.75) is 20.8 Å². The number of nitrogens with zero attached hydrogens (tertiary/aromatic N) is 3. The zero-order chi connectivity index (χ0) is 44.4. The fraction of sp³-hybridized carbons (Fsp3) is 0.0806. The zero-order valence-electron chi connectivity index (χ0n) is 37.6. The van der Waals surface area contributed by atoms with Crippen LogP contribution in [0.2, 0.25) is 0 Å². The normalized spacial score (nSPS) is 11.2. The Morgan fingerprint density at radius 2 is 0.538 bits per heavy atom. The van der Waals surface area contributed by atoms with Crippen molar-refractivity contribution in [1.29, 1.82) is 0 Å². The summed E-state index contributed by atoms with van der Waals surface area (Å²) < 4.78 is 4.22. The smallest absolute Gasteiger partial charge is 0.176 e. The Balaban J connectivity index is 1.38. The summed E-state index contributed by atoms with van der Waals surface area (Å²) in [6, 6.07) is 67.7. The van der Waals surface area contributed by atoms with Crippen LogP contribution in [0.15, 0.2) is 219 Å². The van der Waals surface area contributed by atoms with E-state index in [9.17, 15) is 0 Å². The molecule has 0 bridgehead atoms. The van der Waals surface area contributed by atoms with E-state index in [-0.39, 0.29) is 0 Å². The van der Waals surface area contributed by atoms with Crippen LogP contribution in [-0.2, 0) is 14.1 Å². The standard InChI is InChI=1S/C62H51N3/c1-42-12-18-48(19-13-42)57-60(51-30-24-45(25-31-51)54-9-6-36-63-39-54)58(49-20-14-43(2)15-21-49)62(53-34-28-47(29-35-53)56-11-8-38-65(5)41-56)59(50-22-16-44(3)17-23-50)61(57)52-32-26-46(27-33-52)55-10-7-37-64(4)40-55/h6-41H,1-5H3/q+2. The summed E-state index contributed by atoms with van der Waals surface area (Å²) in [5.74, 6) is 0. The lowest BCUT2D eigenvalue weighted by atomic mass is 9.74. The molecule has 10 rings (SSSR count). The minimum absolute atomic E-state index is 1.09. The lowest BCUT2D eigenvalue weighted by Crippen LogP contribution is -2.26. The van der Waals surface area contributed by atoms with Gasteiger partial charge in [-0.25, -0.2) is 9.13 Å². The summed E-state index contributed by atoms with van der Waals surface area (Å²) >= 11 is 0. The van der Waals surface area contributed by atoms with Gasteiger partial charge in [-0.3, -0.25) is 4.98 Å². The molecule has 0 spiro atoms. The van der Waals surface area contributed by atoms with Crippen LogP contribution in [0, 0.1) is 20.8 Å². The first-order valence-corrected chi connectivity index (χ1v) is 22.4. The molecule has 3 aromatic heterocycles. The largest absolute Gasteiger partial charge is 0.264 e. The van der Waals surface area contributed by atoms with Crippen LogP contribution in [0.25, 0.3) is 100 Å². The third-order valence-electron chi connectivity index (χ3n) is 12.6. The Bertz CT molecular complexity index is 3120. The molecule has 0 fully saturated rings. The van der Waals surface area contributed by atoms with E-state index in [0.717, 1.165) is 38.9 Å². The molecular weight excluding hydrogens is 787 g/mol. The molecule has 7 aromatic carbocycles. The lowest BCUT2D eigenvalue weighted by molar-refractivity contribution is -0.671. The van der Waals surface area contributed by atoms with Crippen molar-refractivity contribution in [3.8, 4) is 100 Å². The van der Waals surface area contributed by atoms with Gasteiger partial charge in [0.2, 0.25) is 0 Å². The second-order valence-corrected chi connectivity index (χ2v) is 17.3. The molecule has 0 aliphatic heterocycles. The molecule has 3 nitrogen and oxygen atoms in total. The number of hydrogen-bond donors (Lipinski definition) is 0. The molecule has 65 heavy (non-hydrogen) atoms. The molecular formula is C62H51N3+2. The van der Waals surface area contributed by atoms with Gasteiger partial charge in [-0.2, -0.15) is 0 Å². The van der Waals surface area contributed by atoms with Gasteiger partial charge in [-0.05, 0) is 128 Å². The van der Waals surface area contributed by atoms with Crippen LogP contribution in [0.4, 0.5) is 0 Å². The molecule has 312 valence electrons. The number of aryl methyl sites for hydroxylation is 5. The first-order valence-electron chi connectivity index (χ1n) is 22.4. The van der Waals surface area contributed by atoms with E-state index < -0.39 is 0 Å². The molecule has 0 radical (unpaired) electrons. The average molecular weight is 838 g/mol. The Labute approximate surface area is 383 Å². The van der Waals surface area contributed by atoms with Gasteiger partial charge >= 0.3 is 0 Å². The fourth-order valence-electron chi connectivity index (χ4n) is 9.18. The predicted octanol–water partition coefficient (Wildman–Crippen LogP) is 14.7. The highest BCUT2D eigenvalue weighted by Crippen LogP contribution is 2.56. The molecule has 0 saturated carbocycles. The summed E-state index contributed by atoms with van der Waals surface area (Å²) in [5.41, 5.74) is 24.7. The quantitative estimate of drug-likeness (QED) is 0.133. The number of rotatable bonds is 9. The summed E-state index contributed by atoms with van der Waals surface area (Å²) in [6.07, 6.45) is 12.3. The first kappa shape index (κ1) is 41.0. The second-order valence-electron chi connectivity index (χ2n) is 17.3. The highest BCUT2D eigenvalue weighted by atomic mass is 14.9. The van der Waals surface area contributed by atoms with E-state index in [1.165, 1.54) is 77.9 Å². The Morgan fingerprint density at radius 1 is 0.277 bits per heavy atom. The molecule has 0 aliphatic carbocycles. The maximum Gasteiger partial charge on any atom is 0.176 e. The van der Waals surface area contributed by atoms with E-state index in [2.05, 4.69) is 250 Å². The molecule has 0 saturated heterocycles. The molecule has 0 N–H and O–H groups in total. The highest BCUT2D eigenvalue weighted by Gasteiger charge is 2.29. The Morgan fingerprint density at radius 3 is 0.815 bits per heavy atom.